The summed E-state index contributed by atoms with van der Waals surface area (Å²) in [6, 6.07) is 10.8. The first kappa shape index (κ1) is 17.6. The maximum atomic E-state index is 10.9. The second kappa shape index (κ2) is 5.70. The molecule has 0 saturated heterocycles. The number of benzene rings is 2. The molecular weight excluding hydrogens is 280 g/mol. The van der Waals surface area contributed by atoms with E-state index in [1.807, 2.05) is 0 Å². The van der Waals surface area contributed by atoms with E-state index in [2.05, 4.69) is 85.7 Å². The van der Waals surface area contributed by atoms with Crippen LogP contribution in [0.25, 0.3) is 11.1 Å². The van der Waals surface area contributed by atoms with E-state index < -0.39 is 0 Å². The first-order valence-electron chi connectivity index (χ1n) is 8.36. The number of rotatable bonds is 1. The minimum Gasteiger partial charge on any atom is -0.507 e. The van der Waals surface area contributed by atoms with Gasteiger partial charge in [0.2, 0.25) is 0 Å². The van der Waals surface area contributed by atoms with Crippen LogP contribution in [0.5, 0.6) is 5.75 Å². The van der Waals surface area contributed by atoms with Crippen molar-refractivity contribution >= 4 is 0 Å². The number of hydrogen-bond donors (Lipinski definition) is 1. The smallest absolute Gasteiger partial charge is 0.127 e. The molecule has 0 aliphatic heterocycles. The Labute approximate surface area is 141 Å². The predicted octanol–water partition coefficient (Wildman–Crippen LogP) is 6.27. The average Bonchev–Trinajstić information content (AvgIpc) is 2.38. The van der Waals surface area contributed by atoms with Gasteiger partial charge in [-0.05, 0) is 47.4 Å². The van der Waals surface area contributed by atoms with Crippen molar-refractivity contribution in [2.24, 2.45) is 0 Å². The van der Waals surface area contributed by atoms with Gasteiger partial charge in [0, 0.05) is 11.1 Å². The maximum Gasteiger partial charge on any atom is 0.127 e. The summed E-state index contributed by atoms with van der Waals surface area (Å²) in [5.41, 5.74) is 6.75. The van der Waals surface area contributed by atoms with Crippen molar-refractivity contribution in [3.05, 3.63) is 52.6 Å². The van der Waals surface area contributed by atoms with Crippen molar-refractivity contribution < 1.29 is 5.11 Å². The molecule has 0 aromatic heterocycles. The van der Waals surface area contributed by atoms with Gasteiger partial charge in [0.15, 0.2) is 0 Å². The van der Waals surface area contributed by atoms with Gasteiger partial charge in [-0.3, -0.25) is 0 Å². The van der Waals surface area contributed by atoms with Crippen molar-refractivity contribution in [1.82, 2.24) is 0 Å². The van der Waals surface area contributed by atoms with Crippen molar-refractivity contribution in [2.75, 3.05) is 0 Å². The van der Waals surface area contributed by atoms with Gasteiger partial charge in [0.1, 0.15) is 5.75 Å². The monoisotopic (exact) mass is 310 g/mol. The fourth-order valence-corrected chi connectivity index (χ4v) is 2.94. The summed E-state index contributed by atoms with van der Waals surface area (Å²) in [6.07, 6.45) is 0. The van der Waals surface area contributed by atoms with E-state index in [0.717, 1.165) is 16.7 Å². The van der Waals surface area contributed by atoms with Crippen LogP contribution < -0.4 is 0 Å². The van der Waals surface area contributed by atoms with Crippen LogP contribution in [-0.4, -0.2) is 5.11 Å². The molecule has 0 amide bonds. The summed E-state index contributed by atoms with van der Waals surface area (Å²) in [6.45, 7) is 17.3. The van der Waals surface area contributed by atoms with Crippen LogP contribution in [0.15, 0.2) is 30.3 Å². The van der Waals surface area contributed by atoms with E-state index in [0.29, 0.717) is 5.75 Å². The first-order chi connectivity index (χ1) is 10.4. The second-order valence-electron chi connectivity index (χ2n) is 8.80. The molecule has 0 unspecified atom stereocenters. The van der Waals surface area contributed by atoms with E-state index in [1.54, 1.807) is 0 Å². The quantitative estimate of drug-likeness (QED) is 0.658. The van der Waals surface area contributed by atoms with Gasteiger partial charge in [-0.2, -0.15) is 0 Å². The SMILES string of the molecule is Cc1cc(-c2cc(C)cc(C(C)(C)C)c2O)cc(C(C)(C)C)c1. The fourth-order valence-electron chi connectivity index (χ4n) is 2.94. The zero-order valence-electron chi connectivity index (χ0n) is 15.8. The molecule has 0 atom stereocenters. The highest BCUT2D eigenvalue weighted by Gasteiger charge is 2.22. The molecule has 0 aliphatic carbocycles. The molecule has 1 nitrogen and oxygen atoms in total. The molecule has 0 bridgehead atoms. The Bertz CT molecular complexity index is 725. The van der Waals surface area contributed by atoms with Gasteiger partial charge in [0.25, 0.3) is 0 Å². The summed E-state index contributed by atoms with van der Waals surface area (Å²) < 4.78 is 0. The summed E-state index contributed by atoms with van der Waals surface area (Å²) in [5.74, 6) is 0.411. The van der Waals surface area contributed by atoms with E-state index in [1.165, 1.54) is 16.7 Å². The summed E-state index contributed by atoms with van der Waals surface area (Å²) in [4.78, 5) is 0. The third-order valence-corrected chi connectivity index (χ3v) is 4.32. The Kier molecular flexibility index (Phi) is 4.36. The fraction of sp³-hybridized carbons (Fsp3) is 0.455. The lowest BCUT2D eigenvalue weighted by molar-refractivity contribution is 0.448. The molecule has 0 saturated carbocycles. The Hall–Kier alpha value is -1.76. The molecule has 0 radical (unpaired) electrons. The lowest BCUT2D eigenvalue weighted by Gasteiger charge is -2.24. The summed E-state index contributed by atoms with van der Waals surface area (Å²) in [5, 5.41) is 10.9. The van der Waals surface area contributed by atoms with Crippen LogP contribution in [0, 0.1) is 13.8 Å². The van der Waals surface area contributed by atoms with Crippen molar-refractivity contribution in [2.45, 2.75) is 66.2 Å². The Morgan fingerprint density at radius 1 is 0.696 bits per heavy atom. The second-order valence-corrected chi connectivity index (χ2v) is 8.80. The van der Waals surface area contributed by atoms with Crippen LogP contribution in [0.2, 0.25) is 0 Å². The number of phenols is 1. The number of aromatic hydroxyl groups is 1. The molecule has 2 aromatic rings. The van der Waals surface area contributed by atoms with Gasteiger partial charge in [-0.1, -0.05) is 71.4 Å². The highest BCUT2D eigenvalue weighted by atomic mass is 16.3. The van der Waals surface area contributed by atoms with Gasteiger partial charge < -0.3 is 5.11 Å². The van der Waals surface area contributed by atoms with Gasteiger partial charge in [0.05, 0.1) is 0 Å². The molecule has 2 aromatic carbocycles. The molecule has 0 aliphatic rings. The third-order valence-electron chi connectivity index (χ3n) is 4.32. The molecule has 23 heavy (non-hydrogen) atoms. The van der Waals surface area contributed by atoms with Gasteiger partial charge >= 0.3 is 0 Å². The standard InChI is InChI=1S/C22H30O/c1-14-9-16(13-17(10-14)21(3,4)5)18-11-15(2)12-19(20(18)23)22(6,7)8/h9-13,23H,1-8H3. The van der Waals surface area contributed by atoms with E-state index >= 15 is 0 Å². The Morgan fingerprint density at radius 3 is 1.78 bits per heavy atom. The summed E-state index contributed by atoms with van der Waals surface area (Å²) in [7, 11) is 0. The highest BCUT2D eigenvalue weighted by Crippen LogP contribution is 2.40. The average molecular weight is 310 g/mol. The molecule has 1 heteroatoms. The summed E-state index contributed by atoms with van der Waals surface area (Å²) >= 11 is 0. The normalized spacial score (nSPS) is 12.5. The molecule has 1 N–H and O–H groups in total. The zero-order valence-corrected chi connectivity index (χ0v) is 15.8. The molecule has 2 rings (SSSR count). The van der Waals surface area contributed by atoms with Crippen LogP contribution in [0.3, 0.4) is 0 Å². The predicted molar refractivity (Wildman–Crippen MR) is 100 cm³/mol. The minimum atomic E-state index is -0.0818. The van der Waals surface area contributed by atoms with Crippen LogP contribution in [0.1, 0.15) is 63.8 Å². The lowest BCUT2D eigenvalue weighted by Crippen LogP contribution is -2.13. The lowest BCUT2D eigenvalue weighted by atomic mass is 9.81. The largest absolute Gasteiger partial charge is 0.507 e. The minimum absolute atomic E-state index is 0.0818. The zero-order chi connectivity index (χ0) is 17.6. The highest BCUT2D eigenvalue weighted by molar-refractivity contribution is 5.74. The van der Waals surface area contributed by atoms with Gasteiger partial charge in [-0.25, -0.2) is 0 Å². The van der Waals surface area contributed by atoms with E-state index in [9.17, 15) is 5.11 Å². The number of aryl methyl sites for hydroxylation is 2. The van der Waals surface area contributed by atoms with Crippen molar-refractivity contribution in [1.29, 1.82) is 0 Å². The van der Waals surface area contributed by atoms with Gasteiger partial charge in [-0.15, -0.1) is 0 Å². The van der Waals surface area contributed by atoms with Crippen molar-refractivity contribution in [3.63, 3.8) is 0 Å². The molecule has 0 fully saturated rings. The molecular formula is C22H30O. The maximum absolute atomic E-state index is 10.9. The first-order valence-corrected chi connectivity index (χ1v) is 8.36. The van der Waals surface area contributed by atoms with E-state index in [-0.39, 0.29) is 10.8 Å². The third kappa shape index (κ3) is 3.77. The van der Waals surface area contributed by atoms with Crippen molar-refractivity contribution in [3.8, 4) is 16.9 Å². The molecule has 0 spiro atoms. The van der Waals surface area contributed by atoms with Crippen LogP contribution >= 0.6 is 0 Å². The molecule has 0 heterocycles. The number of phenolic OH excluding ortho intramolecular Hbond substituents is 1. The topological polar surface area (TPSA) is 20.2 Å². The Balaban J connectivity index is 2.73. The Morgan fingerprint density at radius 2 is 1.26 bits per heavy atom. The molecule has 124 valence electrons. The van der Waals surface area contributed by atoms with Crippen LogP contribution in [-0.2, 0) is 10.8 Å². The van der Waals surface area contributed by atoms with E-state index in [4.69, 9.17) is 0 Å². The number of hydrogen-bond acceptors (Lipinski definition) is 1. The van der Waals surface area contributed by atoms with Crippen LogP contribution in [0.4, 0.5) is 0 Å².